The number of halogens is 1. The molecule has 2 aromatic rings. The van der Waals surface area contributed by atoms with Crippen LogP contribution in [0, 0.1) is 13.8 Å². The van der Waals surface area contributed by atoms with Crippen molar-refractivity contribution in [1.29, 1.82) is 0 Å². The van der Waals surface area contributed by atoms with E-state index in [9.17, 15) is 9.59 Å². The average Bonchev–Trinajstić information content (AvgIpc) is 2.94. The summed E-state index contributed by atoms with van der Waals surface area (Å²) in [7, 11) is 1.68. The number of carbonyl (C=O) groups excluding carboxylic acids is 2. The number of aryl methyl sites for hydroxylation is 2. The number of ether oxygens (including phenoxy) is 2. The SMILES string of the molecule is COC1CCC2(CC1)OC(=O)C(c1cc(C)c(-c3ccc(Cl)cc3)cc1C)C2=O. The van der Waals surface area contributed by atoms with Crippen LogP contribution in [0.15, 0.2) is 36.4 Å². The molecule has 1 saturated heterocycles. The molecule has 0 bridgehead atoms. The third kappa shape index (κ3) is 3.49. The van der Waals surface area contributed by atoms with Crippen molar-refractivity contribution < 1.29 is 19.1 Å². The van der Waals surface area contributed by atoms with Crippen LogP contribution in [-0.4, -0.2) is 30.6 Å². The monoisotopic (exact) mass is 412 g/mol. The predicted molar refractivity (Wildman–Crippen MR) is 112 cm³/mol. The Hall–Kier alpha value is -2.17. The third-order valence-electron chi connectivity index (χ3n) is 6.40. The standard InChI is InChI=1S/C24H25ClO4/c1-14-13-20(15(2)12-19(14)16-4-6-17(25)7-5-16)21-22(26)24(29-23(21)27)10-8-18(28-3)9-11-24/h4-7,12-13,18,21H,8-11H2,1-3H3. The van der Waals surface area contributed by atoms with Gasteiger partial charge in [-0.3, -0.25) is 9.59 Å². The van der Waals surface area contributed by atoms with E-state index in [1.54, 1.807) is 7.11 Å². The number of hydrogen-bond acceptors (Lipinski definition) is 4. The van der Waals surface area contributed by atoms with Crippen molar-refractivity contribution in [3.63, 3.8) is 0 Å². The number of benzene rings is 2. The Morgan fingerprint density at radius 1 is 1.03 bits per heavy atom. The Morgan fingerprint density at radius 2 is 1.69 bits per heavy atom. The number of carbonyl (C=O) groups is 2. The van der Waals surface area contributed by atoms with Gasteiger partial charge in [-0.2, -0.15) is 0 Å². The molecule has 29 heavy (non-hydrogen) atoms. The van der Waals surface area contributed by atoms with Crippen molar-refractivity contribution in [2.24, 2.45) is 0 Å². The van der Waals surface area contributed by atoms with Gasteiger partial charge in [-0.15, -0.1) is 0 Å². The summed E-state index contributed by atoms with van der Waals surface area (Å²) in [5.41, 5.74) is 3.82. The van der Waals surface area contributed by atoms with Gasteiger partial charge < -0.3 is 9.47 Å². The van der Waals surface area contributed by atoms with Gasteiger partial charge >= 0.3 is 5.97 Å². The molecule has 1 unspecified atom stereocenters. The van der Waals surface area contributed by atoms with E-state index in [0.717, 1.165) is 40.7 Å². The normalized spacial score (nSPS) is 26.8. The van der Waals surface area contributed by atoms with E-state index in [-0.39, 0.29) is 11.9 Å². The highest BCUT2D eigenvalue weighted by atomic mass is 35.5. The molecule has 152 valence electrons. The van der Waals surface area contributed by atoms with Crippen LogP contribution in [-0.2, 0) is 19.1 Å². The molecule has 4 nitrogen and oxygen atoms in total. The Labute approximate surface area is 176 Å². The van der Waals surface area contributed by atoms with E-state index in [1.807, 2.05) is 50.2 Å². The minimum Gasteiger partial charge on any atom is -0.450 e. The minimum atomic E-state index is -0.980. The fraction of sp³-hybridized carbons (Fsp3) is 0.417. The van der Waals surface area contributed by atoms with Crippen molar-refractivity contribution in [1.82, 2.24) is 0 Å². The quantitative estimate of drug-likeness (QED) is 0.516. The van der Waals surface area contributed by atoms with Gasteiger partial charge in [-0.25, -0.2) is 0 Å². The molecule has 1 aliphatic heterocycles. The first kappa shape index (κ1) is 20.1. The van der Waals surface area contributed by atoms with Crippen molar-refractivity contribution in [3.8, 4) is 11.1 Å². The topological polar surface area (TPSA) is 52.6 Å². The summed E-state index contributed by atoms with van der Waals surface area (Å²) < 4.78 is 11.1. The zero-order chi connectivity index (χ0) is 20.8. The third-order valence-corrected chi connectivity index (χ3v) is 6.65. The summed E-state index contributed by atoms with van der Waals surface area (Å²) in [4.78, 5) is 26.1. The van der Waals surface area contributed by atoms with E-state index in [1.165, 1.54) is 0 Å². The van der Waals surface area contributed by atoms with Crippen molar-refractivity contribution in [2.45, 2.75) is 57.2 Å². The fourth-order valence-corrected chi connectivity index (χ4v) is 4.80. The van der Waals surface area contributed by atoms with Gasteiger partial charge in [0.05, 0.1) is 6.10 Å². The average molecular weight is 413 g/mol. The van der Waals surface area contributed by atoms with Gasteiger partial charge in [0.25, 0.3) is 0 Å². The largest absolute Gasteiger partial charge is 0.450 e. The van der Waals surface area contributed by atoms with Crippen LogP contribution >= 0.6 is 11.6 Å². The van der Waals surface area contributed by atoms with Gasteiger partial charge in [0.1, 0.15) is 5.92 Å². The lowest BCUT2D eigenvalue weighted by atomic mass is 9.76. The van der Waals surface area contributed by atoms with Crippen molar-refractivity contribution in [3.05, 3.63) is 58.1 Å². The molecule has 1 saturated carbocycles. The molecule has 1 heterocycles. The minimum absolute atomic E-state index is 0.0983. The molecule has 2 aliphatic rings. The maximum Gasteiger partial charge on any atom is 0.322 e. The number of esters is 1. The van der Waals surface area contributed by atoms with Crippen LogP contribution in [0.25, 0.3) is 11.1 Å². The van der Waals surface area contributed by atoms with Crippen molar-refractivity contribution in [2.75, 3.05) is 7.11 Å². The predicted octanol–water partition coefficient (Wildman–Crippen LogP) is 5.16. The summed E-state index contributed by atoms with van der Waals surface area (Å²) in [6, 6.07) is 11.7. The van der Waals surface area contributed by atoms with Crippen LogP contribution in [0.1, 0.15) is 48.3 Å². The van der Waals surface area contributed by atoms with Gasteiger partial charge in [-0.1, -0.05) is 35.9 Å². The fourth-order valence-electron chi connectivity index (χ4n) is 4.67. The highest BCUT2D eigenvalue weighted by molar-refractivity contribution is 6.30. The maximum absolute atomic E-state index is 13.3. The Morgan fingerprint density at radius 3 is 2.31 bits per heavy atom. The number of hydrogen-bond donors (Lipinski definition) is 0. The van der Waals surface area contributed by atoms with E-state index in [4.69, 9.17) is 21.1 Å². The zero-order valence-electron chi connectivity index (χ0n) is 17.0. The Kier molecular flexibility index (Phi) is 5.26. The summed E-state index contributed by atoms with van der Waals surface area (Å²) in [5, 5.41) is 0.688. The summed E-state index contributed by atoms with van der Waals surface area (Å²) in [6.45, 7) is 3.94. The van der Waals surface area contributed by atoms with E-state index < -0.39 is 17.5 Å². The second-order valence-electron chi connectivity index (χ2n) is 8.18. The summed E-state index contributed by atoms with van der Waals surface area (Å²) >= 11 is 6.01. The Balaban J connectivity index is 1.66. The van der Waals surface area contributed by atoms with Crippen molar-refractivity contribution >= 4 is 23.4 Å². The molecule has 0 N–H and O–H groups in total. The molecular weight excluding hydrogens is 388 g/mol. The first-order valence-electron chi connectivity index (χ1n) is 10.0. The molecule has 1 aliphatic carbocycles. The van der Waals surface area contributed by atoms with Crippen LogP contribution in [0.2, 0.25) is 5.02 Å². The molecule has 2 fully saturated rings. The van der Waals surface area contributed by atoms with Crippen LogP contribution in [0.4, 0.5) is 0 Å². The number of methoxy groups -OCH3 is 1. The molecule has 5 heteroatoms. The second-order valence-corrected chi connectivity index (χ2v) is 8.61. The first-order valence-corrected chi connectivity index (χ1v) is 10.4. The van der Waals surface area contributed by atoms with E-state index in [2.05, 4.69) is 0 Å². The molecule has 4 rings (SSSR count). The lowest BCUT2D eigenvalue weighted by molar-refractivity contribution is -0.157. The lowest BCUT2D eigenvalue weighted by Gasteiger charge is -2.33. The van der Waals surface area contributed by atoms with Gasteiger partial charge in [0.2, 0.25) is 0 Å². The Bertz CT molecular complexity index is 956. The molecule has 0 aromatic heterocycles. The van der Waals surface area contributed by atoms with Crippen LogP contribution in [0.5, 0.6) is 0 Å². The highest BCUT2D eigenvalue weighted by Crippen LogP contribution is 2.45. The summed E-state index contributed by atoms with van der Waals surface area (Å²) in [6.07, 6.45) is 2.67. The van der Waals surface area contributed by atoms with Crippen LogP contribution < -0.4 is 0 Å². The van der Waals surface area contributed by atoms with Gasteiger partial charge in [-0.05, 0) is 79.5 Å². The molecule has 1 atom stereocenters. The number of ketones is 1. The second kappa shape index (κ2) is 7.58. The van der Waals surface area contributed by atoms with E-state index >= 15 is 0 Å². The lowest BCUT2D eigenvalue weighted by Crippen LogP contribution is -2.42. The zero-order valence-corrected chi connectivity index (χ0v) is 17.7. The highest BCUT2D eigenvalue weighted by Gasteiger charge is 2.56. The van der Waals surface area contributed by atoms with Gasteiger partial charge in [0.15, 0.2) is 11.4 Å². The molecule has 1 spiro atoms. The molecule has 2 aromatic carbocycles. The molecule has 0 radical (unpaired) electrons. The molecule has 0 amide bonds. The van der Waals surface area contributed by atoms with Gasteiger partial charge in [0, 0.05) is 12.1 Å². The smallest absolute Gasteiger partial charge is 0.322 e. The van der Waals surface area contributed by atoms with E-state index in [0.29, 0.717) is 17.9 Å². The number of Topliss-reactive ketones (excluding diaryl/α,β-unsaturated/α-hetero) is 1. The summed E-state index contributed by atoms with van der Waals surface area (Å²) in [5.74, 6) is -1.36. The molecular formula is C24H25ClO4. The number of rotatable bonds is 3. The maximum atomic E-state index is 13.3. The first-order chi connectivity index (χ1) is 13.8. The van der Waals surface area contributed by atoms with Crippen LogP contribution in [0.3, 0.4) is 0 Å².